The van der Waals surface area contributed by atoms with Gasteiger partial charge < -0.3 is 10.2 Å². The van der Waals surface area contributed by atoms with Crippen LogP contribution in [0.1, 0.15) is 20.8 Å². The Morgan fingerprint density at radius 2 is 1.86 bits per heavy atom. The molecule has 3 aromatic rings. The van der Waals surface area contributed by atoms with E-state index in [1.807, 2.05) is 0 Å². The van der Waals surface area contributed by atoms with E-state index >= 15 is 0 Å². The zero-order valence-corrected chi connectivity index (χ0v) is 10.6. The molecule has 0 atom stereocenters. The number of pyridine rings is 2. The summed E-state index contributed by atoms with van der Waals surface area (Å²) in [6.45, 7) is 0. The molecular weight excluding hydrogens is 274 g/mol. The van der Waals surface area contributed by atoms with Crippen LogP contribution in [0.3, 0.4) is 0 Å². The van der Waals surface area contributed by atoms with Crippen molar-refractivity contribution in [1.29, 1.82) is 0 Å². The maximum Gasteiger partial charge on any atom is 0.356 e. The highest BCUT2D eigenvalue weighted by Crippen LogP contribution is 2.24. The van der Waals surface area contributed by atoms with Gasteiger partial charge in [-0.1, -0.05) is 6.07 Å². The molecule has 104 valence electrons. The summed E-state index contributed by atoms with van der Waals surface area (Å²) in [4.78, 5) is 30.8. The number of carboxylic acids is 2. The number of rotatable bonds is 3. The average Bonchev–Trinajstić information content (AvgIpc) is 2.87. The molecule has 0 aliphatic carbocycles. The Hall–Kier alpha value is -3.22. The predicted octanol–water partition coefficient (Wildman–Crippen LogP) is 1.79. The smallest absolute Gasteiger partial charge is 0.356 e. The van der Waals surface area contributed by atoms with E-state index in [2.05, 4.69) is 9.97 Å². The van der Waals surface area contributed by atoms with E-state index in [4.69, 9.17) is 0 Å². The highest BCUT2D eigenvalue weighted by atomic mass is 16.4. The third kappa shape index (κ3) is 2.00. The number of aromatic carboxylic acids is 2. The molecule has 21 heavy (non-hydrogen) atoms. The van der Waals surface area contributed by atoms with Crippen LogP contribution < -0.4 is 0 Å². The molecule has 0 saturated heterocycles. The zero-order valence-electron chi connectivity index (χ0n) is 10.6. The molecule has 0 spiro atoms. The molecule has 0 saturated carbocycles. The van der Waals surface area contributed by atoms with Gasteiger partial charge in [0.2, 0.25) is 0 Å². The highest BCUT2D eigenvalue weighted by molar-refractivity contribution is 6.04. The number of imidazole rings is 1. The third-order valence-corrected chi connectivity index (χ3v) is 2.99. The number of hydrogen-bond donors (Lipinski definition) is 2. The molecule has 7 nitrogen and oxygen atoms in total. The third-order valence-electron chi connectivity index (χ3n) is 2.99. The van der Waals surface area contributed by atoms with Crippen molar-refractivity contribution in [3.05, 3.63) is 54.0 Å². The lowest BCUT2D eigenvalue weighted by Gasteiger charge is -2.02. The maximum atomic E-state index is 11.3. The molecule has 0 aliphatic heterocycles. The first-order valence-electron chi connectivity index (χ1n) is 5.98. The SMILES string of the molecule is O=C(O)c1cccn2c(-c3ccccn3)nc(C(=O)O)c12. The van der Waals surface area contributed by atoms with Gasteiger partial charge in [-0.3, -0.25) is 9.38 Å². The first-order valence-corrected chi connectivity index (χ1v) is 5.98. The number of carbonyl (C=O) groups is 2. The fourth-order valence-electron chi connectivity index (χ4n) is 2.14. The standard InChI is InChI=1S/C14H9N3O4/c18-13(19)8-4-3-7-17-11(8)10(14(20)21)16-12(17)9-5-1-2-6-15-9/h1-7H,(H,18,19)(H,20,21). The molecule has 7 heteroatoms. The molecule has 0 amide bonds. The van der Waals surface area contributed by atoms with E-state index in [0.717, 1.165) is 0 Å². The van der Waals surface area contributed by atoms with Crippen molar-refractivity contribution in [3.8, 4) is 11.5 Å². The number of nitrogens with zero attached hydrogens (tertiary/aromatic N) is 3. The first kappa shape index (κ1) is 12.8. The lowest BCUT2D eigenvalue weighted by molar-refractivity contribution is 0.0691. The minimum atomic E-state index is -1.29. The molecule has 0 fully saturated rings. The Morgan fingerprint density at radius 3 is 2.48 bits per heavy atom. The van der Waals surface area contributed by atoms with E-state index in [0.29, 0.717) is 5.69 Å². The zero-order chi connectivity index (χ0) is 15.0. The summed E-state index contributed by atoms with van der Waals surface area (Å²) in [7, 11) is 0. The Kier molecular flexibility index (Phi) is 2.87. The second kappa shape index (κ2) is 4.71. The normalized spacial score (nSPS) is 10.7. The van der Waals surface area contributed by atoms with Crippen LogP contribution in [0.2, 0.25) is 0 Å². The average molecular weight is 283 g/mol. The van der Waals surface area contributed by atoms with Gasteiger partial charge in [-0.05, 0) is 24.3 Å². The van der Waals surface area contributed by atoms with Crippen molar-refractivity contribution in [3.63, 3.8) is 0 Å². The maximum absolute atomic E-state index is 11.3. The molecule has 0 aromatic carbocycles. The topological polar surface area (TPSA) is 105 Å². The quantitative estimate of drug-likeness (QED) is 0.759. The van der Waals surface area contributed by atoms with Crippen LogP contribution >= 0.6 is 0 Å². The van der Waals surface area contributed by atoms with E-state index in [1.54, 1.807) is 30.6 Å². The van der Waals surface area contributed by atoms with Crippen molar-refractivity contribution < 1.29 is 19.8 Å². The molecule has 0 aliphatic rings. The van der Waals surface area contributed by atoms with Gasteiger partial charge in [0.05, 0.1) is 11.1 Å². The van der Waals surface area contributed by atoms with Crippen LogP contribution in [0.5, 0.6) is 0 Å². The summed E-state index contributed by atoms with van der Waals surface area (Å²) < 4.78 is 1.43. The molecule has 3 heterocycles. The van der Waals surface area contributed by atoms with Gasteiger partial charge in [0.15, 0.2) is 11.5 Å². The van der Waals surface area contributed by atoms with E-state index < -0.39 is 11.9 Å². The second-order valence-corrected chi connectivity index (χ2v) is 4.25. The van der Waals surface area contributed by atoms with E-state index in [-0.39, 0.29) is 22.6 Å². The Balaban J connectivity index is 2.41. The minimum Gasteiger partial charge on any atom is -0.478 e. The summed E-state index contributed by atoms with van der Waals surface area (Å²) in [5.41, 5.74) is 0.0685. The van der Waals surface area contributed by atoms with Crippen molar-refractivity contribution in [2.24, 2.45) is 0 Å². The molecule has 0 bridgehead atoms. The lowest BCUT2D eigenvalue weighted by atomic mass is 10.2. The molecule has 2 N–H and O–H groups in total. The van der Waals surface area contributed by atoms with Crippen molar-refractivity contribution in [2.45, 2.75) is 0 Å². The Labute approximate surface area is 118 Å². The van der Waals surface area contributed by atoms with Crippen LogP contribution in [0.4, 0.5) is 0 Å². The number of carboxylic acid groups (broad SMARTS) is 2. The Bertz CT molecular complexity index is 855. The number of fused-ring (bicyclic) bond motifs is 1. The van der Waals surface area contributed by atoms with Crippen molar-refractivity contribution in [2.75, 3.05) is 0 Å². The van der Waals surface area contributed by atoms with Gasteiger partial charge in [0.1, 0.15) is 5.69 Å². The molecule has 3 aromatic heterocycles. The summed E-state index contributed by atoms with van der Waals surface area (Å²) in [6, 6.07) is 8.00. The van der Waals surface area contributed by atoms with Crippen LogP contribution in [-0.4, -0.2) is 36.5 Å². The van der Waals surface area contributed by atoms with Crippen molar-refractivity contribution in [1.82, 2.24) is 14.4 Å². The van der Waals surface area contributed by atoms with Gasteiger partial charge >= 0.3 is 11.9 Å². The molecule has 0 unspecified atom stereocenters. The largest absolute Gasteiger partial charge is 0.478 e. The molecule has 3 rings (SSSR count). The summed E-state index contributed by atoms with van der Waals surface area (Å²) >= 11 is 0. The van der Waals surface area contributed by atoms with E-state index in [1.165, 1.54) is 16.5 Å². The second-order valence-electron chi connectivity index (χ2n) is 4.25. The van der Waals surface area contributed by atoms with Gasteiger partial charge in [0.25, 0.3) is 0 Å². The lowest BCUT2D eigenvalue weighted by Crippen LogP contribution is -2.04. The van der Waals surface area contributed by atoms with Gasteiger partial charge in [-0.2, -0.15) is 0 Å². The number of hydrogen-bond acceptors (Lipinski definition) is 4. The van der Waals surface area contributed by atoms with Crippen molar-refractivity contribution >= 4 is 17.5 Å². The first-order chi connectivity index (χ1) is 10.1. The van der Waals surface area contributed by atoms with Crippen LogP contribution in [-0.2, 0) is 0 Å². The van der Waals surface area contributed by atoms with E-state index in [9.17, 15) is 19.8 Å². The molecular formula is C14H9N3O4. The summed E-state index contributed by atoms with van der Waals surface area (Å²) in [6.07, 6.45) is 3.11. The fraction of sp³-hybridized carbons (Fsp3) is 0. The Morgan fingerprint density at radius 1 is 1.05 bits per heavy atom. The highest BCUT2D eigenvalue weighted by Gasteiger charge is 2.23. The predicted molar refractivity (Wildman–Crippen MR) is 72.3 cm³/mol. The van der Waals surface area contributed by atoms with Crippen LogP contribution in [0, 0.1) is 0 Å². The van der Waals surface area contributed by atoms with Gasteiger partial charge in [-0.15, -0.1) is 0 Å². The van der Waals surface area contributed by atoms with Crippen LogP contribution in [0.25, 0.3) is 17.0 Å². The van der Waals surface area contributed by atoms with Gasteiger partial charge in [-0.25, -0.2) is 14.6 Å². The summed E-state index contributed by atoms with van der Waals surface area (Å²) in [5, 5.41) is 18.5. The van der Waals surface area contributed by atoms with Gasteiger partial charge in [0, 0.05) is 12.4 Å². The molecule has 0 radical (unpaired) electrons. The van der Waals surface area contributed by atoms with Crippen LogP contribution in [0.15, 0.2) is 42.7 Å². The fourth-order valence-corrected chi connectivity index (χ4v) is 2.14. The monoisotopic (exact) mass is 283 g/mol. The minimum absolute atomic E-state index is 0.0400. The summed E-state index contributed by atoms with van der Waals surface area (Å²) in [5.74, 6) is -2.22. The number of aromatic nitrogens is 3.